The highest BCUT2D eigenvalue weighted by molar-refractivity contribution is 7.88. The van der Waals surface area contributed by atoms with Crippen molar-refractivity contribution in [2.45, 2.75) is 25.8 Å². The van der Waals surface area contributed by atoms with Crippen molar-refractivity contribution in [3.05, 3.63) is 77.1 Å². The Balaban J connectivity index is 1.39. The van der Waals surface area contributed by atoms with Crippen LogP contribution in [0, 0.1) is 13.8 Å². The lowest BCUT2D eigenvalue weighted by atomic mass is 10.1. The van der Waals surface area contributed by atoms with Crippen LogP contribution in [-0.4, -0.2) is 48.9 Å². The van der Waals surface area contributed by atoms with E-state index in [2.05, 4.69) is 15.3 Å². The first-order valence-electron chi connectivity index (χ1n) is 11.1. The molecule has 1 aromatic heterocycles. The van der Waals surface area contributed by atoms with Gasteiger partial charge in [0, 0.05) is 37.9 Å². The molecular formula is C24H26F3N5O2S. The maximum absolute atomic E-state index is 12.9. The highest BCUT2D eigenvalue weighted by Gasteiger charge is 2.31. The van der Waals surface area contributed by atoms with Gasteiger partial charge in [0.15, 0.2) is 0 Å². The van der Waals surface area contributed by atoms with Crippen LogP contribution in [0.15, 0.2) is 54.6 Å². The molecule has 1 aliphatic rings. The first-order chi connectivity index (χ1) is 16.5. The summed E-state index contributed by atoms with van der Waals surface area (Å²) in [5.74, 6) is 1.60. The van der Waals surface area contributed by atoms with Crippen molar-refractivity contribution < 1.29 is 21.6 Å². The Morgan fingerprint density at radius 1 is 0.914 bits per heavy atom. The predicted molar refractivity (Wildman–Crippen MR) is 129 cm³/mol. The molecule has 1 aliphatic heterocycles. The van der Waals surface area contributed by atoms with Gasteiger partial charge in [-0.05, 0) is 43.7 Å². The minimum Gasteiger partial charge on any atom is -0.354 e. The number of sulfonamides is 1. The molecule has 35 heavy (non-hydrogen) atoms. The Hall–Kier alpha value is -3.18. The topological polar surface area (TPSA) is 78.4 Å². The molecule has 1 N–H and O–H groups in total. The van der Waals surface area contributed by atoms with Crippen molar-refractivity contribution in [2.24, 2.45) is 0 Å². The fraction of sp³-hybridized carbons (Fsp3) is 0.333. The second-order valence-electron chi connectivity index (χ2n) is 8.49. The number of hydrogen-bond donors (Lipinski definition) is 1. The molecule has 1 fully saturated rings. The number of benzene rings is 2. The lowest BCUT2D eigenvalue weighted by Crippen LogP contribution is -2.49. The van der Waals surface area contributed by atoms with Gasteiger partial charge in [-0.15, -0.1) is 0 Å². The molecule has 3 aromatic rings. The maximum atomic E-state index is 12.9. The molecule has 0 bridgehead atoms. The zero-order valence-electron chi connectivity index (χ0n) is 19.4. The minimum absolute atomic E-state index is 0.257. The van der Waals surface area contributed by atoms with Crippen LogP contribution in [0.4, 0.5) is 30.5 Å². The molecule has 0 atom stereocenters. The number of nitrogens with one attached hydrogen (secondary N) is 1. The molecular weight excluding hydrogens is 479 g/mol. The van der Waals surface area contributed by atoms with Gasteiger partial charge in [0.05, 0.1) is 11.3 Å². The zero-order chi connectivity index (χ0) is 25.2. The highest BCUT2D eigenvalue weighted by Crippen LogP contribution is 2.29. The second-order valence-corrected chi connectivity index (χ2v) is 10.5. The van der Waals surface area contributed by atoms with Crippen molar-refractivity contribution in [3.8, 4) is 0 Å². The van der Waals surface area contributed by atoms with Crippen molar-refractivity contribution in [1.29, 1.82) is 0 Å². The molecule has 0 spiro atoms. The number of rotatable bonds is 6. The van der Waals surface area contributed by atoms with Gasteiger partial charge in [0.25, 0.3) is 0 Å². The average molecular weight is 506 g/mol. The van der Waals surface area contributed by atoms with E-state index < -0.39 is 21.8 Å². The number of piperazine rings is 1. The number of anilines is 3. The molecule has 0 saturated carbocycles. The number of halogens is 3. The van der Waals surface area contributed by atoms with Gasteiger partial charge in [-0.3, -0.25) is 0 Å². The first-order valence-corrected chi connectivity index (χ1v) is 12.7. The third kappa shape index (κ3) is 6.29. The quantitative estimate of drug-likeness (QED) is 0.531. The summed E-state index contributed by atoms with van der Waals surface area (Å²) in [7, 11) is -3.67. The van der Waals surface area contributed by atoms with Crippen molar-refractivity contribution in [3.63, 3.8) is 0 Å². The van der Waals surface area contributed by atoms with Gasteiger partial charge in [-0.2, -0.15) is 17.5 Å². The average Bonchev–Trinajstić information content (AvgIpc) is 2.80. The van der Waals surface area contributed by atoms with Crippen LogP contribution >= 0.6 is 0 Å². The monoisotopic (exact) mass is 505 g/mol. The van der Waals surface area contributed by atoms with Gasteiger partial charge in [0.1, 0.15) is 17.5 Å². The Labute approximate surface area is 202 Å². The highest BCUT2D eigenvalue weighted by atomic mass is 32.2. The molecule has 4 rings (SSSR count). The number of nitrogens with zero attached hydrogens (tertiary/aromatic N) is 4. The van der Waals surface area contributed by atoms with Crippen LogP contribution in [0.5, 0.6) is 0 Å². The second kappa shape index (κ2) is 9.82. The normalized spacial score (nSPS) is 15.3. The largest absolute Gasteiger partial charge is 0.416 e. The van der Waals surface area contributed by atoms with E-state index in [1.54, 1.807) is 6.92 Å². The zero-order valence-corrected chi connectivity index (χ0v) is 20.2. The van der Waals surface area contributed by atoms with Gasteiger partial charge < -0.3 is 10.2 Å². The maximum Gasteiger partial charge on any atom is 0.416 e. The number of alkyl halides is 3. The van der Waals surface area contributed by atoms with E-state index in [1.807, 2.05) is 42.2 Å². The number of aryl methyl sites for hydroxylation is 2. The predicted octanol–water partition coefficient (Wildman–Crippen LogP) is 4.51. The standard InChI is InChI=1S/C24H26F3N5O2S/c1-17-3-9-21(10-4-17)30-22-15-23(29-18(2)28-22)31-11-13-32(14-12-31)35(33,34)16-19-5-7-20(8-6-19)24(25,26)27/h3-10,15H,11-14,16H2,1-2H3,(H,28,29,30). The smallest absolute Gasteiger partial charge is 0.354 e. The summed E-state index contributed by atoms with van der Waals surface area (Å²) >= 11 is 0. The molecule has 0 unspecified atom stereocenters. The van der Waals surface area contributed by atoms with E-state index in [4.69, 9.17) is 0 Å². The minimum atomic E-state index is -4.46. The summed E-state index contributed by atoms with van der Waals surface area (Å²) in [5.41, 5.74) is 1.57. The molecule has 0 radical (unpaired) electrons. The van der Waals surface area contributed by atoms with E-state index in [0.717, 1.165) is 23.4 Å². The van der Waals surface area contributed by atoms with E-state index in [9.17, 15) is 21.6 Å². The molecule has 0 aliphatic carbocycles. The van der Waals surface area contributed by atoms with E-state index in [0.29, 0.717) is 36.1 Å². The fourth-order valence-corrected chi connectivity index (χ4v) is 5.37. The Morgan fingerprint density at radius 3 is 2.14 bits per heavy atom. The fourth-order valence-electron chi connectivity index (χ4n) is 3.85. The Morgan fingerprint density at radius 2 is 1.54 bits per heavy atom. The van der Waals surface area contributed by atoms with E-state index in [-0.39, 0.29) is 18.8 Å². The lowest BCUT2D eigenvalue weighted by Gasteiger charge is -2.34. The molecule has 0 amide bonds. The lowest BCUT2D eigenvalue weighted by molar-refractivity contribution is -0.137. The van der Waals surface area contributed by atoms with Crippen molar-refractivity contribution in [2.75, 3.05) is 36.4 Å². The summed E-state index contributed by atoms with van der Waals surface area (Å²) in [6, 6.07) is 14.0. The van der Waals surface area contributed by atoms with Crippen LogP contribution < -0.4 is 10.2 Å². The van der Waals surface area contributed by atoms with Crippen LogP contribution in [0.25, 0.3) is 0 Å². The summed E-state index contributed by atoms with van der Waals surface area (Å²) in [4.78, 5) is 11.0. The van der Waals surface area contributed by atoms with Crippen molar-refractivity contribution in [1.82, 2.24) is 14.3 Å². The van der Waals surface area contributed by atoms with Crippen LogP contribution in [-0.2, 0) is 22.0 Å². The van der Waals surface area contributed by atoms with Crippen molar-refractivity contribution >= 4 is 27.3 Å². The summed E-state index contributed by atoms with van der Waals surface area (Å²) in [6.45, 7) is 5.20. The summed E-state index contributed by atoms with van der Waals surface area (Å²) in [6.07, 6.45) is -4.46. The van der Waals surface area contributed by atoms with Crippen LogP contribution in [0.3, 0.4) is 0 Å². The van der Waals surface area contributed by atoms with Gasteiger partial charge in [-0.1, -0.05) is 29.8 Å². The molecule has 7 nitrogen and oxygen atoms in total. The molecule has 1 saturated heterocycles. The Bertz CT molecular complexity index is 1270. The van der Waals surface area contributed by atoms with Gasteiger partial charge in [-0.25, -0.2) is 18.4 Å². The number of hydrogen-bond acceptors (Lipinski definition) is 6. The summed E-state index contributed by atoms with van der Waals surface area (Å²) < 4.78 is 65.4. The summed E-state index contributed by atoms with van der Waals surface area (Å²) in [5, 5.41) is 3.27. The van der Waals surface area contributed by atoms with Crippen LogP contribution in [0.1, 0.15) is 22.5 Å². The third-order valence-electron chi connectivity index (χ3n) is 5.73. The van der Waals surface area contributed by atoms with E-state index in [1.165, 1.54) is 16.4 Å². The van der Waals surface area contributed by atoms with E-state index >= 15 is 0 Å². The SMILES string of the molecule is Cc1ccc(Nc2cc(N3CCN(S(=O)(=O)Cc4ccc(C(F)(F)F)cc4)CC3)nc(C)n2)cc1. The van der Waals surface area contributed by atoms with Gasteiger partial charge in [0.2, 0.25) is 10.0 Å². The molecule has 2 heterocycles. The van der Waals surface area contributed by atoms with Crippen LogP contribution in [0.2, 0.25) is 0 Å². The molecule has 11 heteroatoms. The Kier molecular flexibility index (Phi) is 7.00. The third-order valence-corrected chi connectivity index (χ3v) is 7.58. The molecule has 2 aromatic carbocycles. The molecule has 186 valence electrons. The number of aromatic nitrogens is 2. The first kappa shape index (κ1) is 24.9. The van der Waals surface area contributed by atoms with Gasteiger partial charge >= 0.3 is 6.18 Å².